The van der Waals surface area contributed by atoms with Gasteiger partial charge in [-0.15, -0.1) is 0 Å². The van der Waals surface area contributed by atoms with Gasteiger partial charge in [-0.3, -0.25) is 0 Å². The molecule has 2 rings (SSSR count). The van der Waals surface area contributed by atoms with E-state index in [4.69, 9.17) is 10.5 Å². The molecule has 0 heterocycles. The molecule has 0 saturated heterocycles. The number of halogens is 3. The Morgan fingerprint density at radius 2 is 1.86 bits per heavy atom. The van der Waals surface area contributed by atoms with Gasteiger partial charge < -0.3 is 10.5 Å². The van der Waals surface area contributed by atoms with Crippen LogP contribution >= 0.6 is 0 Å². The molecular weight excluding hydrogens is 279 g/mol. The van der Waals surface area contributed by atoms with Crippen LogP contribution in [0.3, 0.4) is 0 Å². The Hall–Kier alpha value is -1.23. The van der Waals surface area contributed by atoms with Gasteiger partial charge in [0.15, 0.2) is 0 Å². The Morgan fingerprint density at radius 3 is 2.38 bits per heavy atom. The summed E-state index contributed by atoms with van der Waals surface area (Å²) in [7, 11) is 0. The van der Waals surface area contributed by atoms with Gasteiger partial charge in [0.1, 0.15) is 5.75 Å². The fourth-order valence-corrected chi connectivity index (χ4v) is 2.75. The van der Waals surface area contributed by atoms with Crippen LogP contribution in [0.4, 0.5) is 13.2 Å². The summed E-state index contributed by atoms with van der Waals surface area (Å²) in [6.07, 6.45) is -0.569. The minimum atomic E-state index is -4.40. The molecule has 1 aromatic rings. The smallest absolute Gasteiger partial charge is 0.416 e. The number of hydrogen-bond donors (Lipinski definition) is 1. The van der Waals surface area contributed by atoms with Crippen LogP contribution in [-0.2, 0) is 12.7 Å². The van der Waals surface area contributed by atoms with E-state index in [0.717, 1.165) is 31.7 Å². The highest BCUT2D eigenvalue weighted by molar-refractivity contribution is 5.37. The summed E-state index contributed by atoms with van der Waals surface area (Å²) in [6, 6.07) is 4.06. The molecule has 0 aliphatic heterocycles. The Balaban J connectivity index is 2.11. The molecule has 1 aromatic carbocycles. The van der Waals surface area contributed by atoms with Crippen molar-refractivity contribution >= 4 is 0 Å². The SMILES string of the molecule is CC1(C)CCC(Oc2ccc(CN)c(C(F)(F)F)c2)CC1. The lowest BCUT2D eigenvalue weighted by molar-refractivity contribution is -0.138. The average molecular weight is 301 g/mol. The molecule has 0 unspecified atom stereocenters. The number of alkyl halides is 3. The Kier molecular flexibility index (Phi) is 4.51. The van der Waals surface area contributed by atoms with Gasteiger partial charge in [0.25, 0.3) is 0 Å². The van der Waals surface area contributed by atoms with Gasteiger partial charge in [0, 0.05) is 6.54 Å². The zero-order valence-corrected chi connectivity index (χ0v) is 12.5. The van der Waals surface area contributed by atoms with E-state index in [1.54, 1.807) is 6.07 Å². The van der Waals surface area contributed by atoms with E-state index >= 15 is 0 Å². The predicted molar refractivity (Wildman–Crippen MR) is 76.0 cm³/mol. The molecule has 118 valence electrons. The molecule has 0 atom stereocenters. The lowest BCUT2D eigenvalue weighted by atomic mass is 9.76. The van der Waals surface area contributed by atoms with E-state index in [0.29, 0.717) is 5.41 Å². The zero-order chi connectivity index (χ0) is 15.7. The molecule has 0 amide bonds. The van der Waals surface area contributed by atoms with Crippen molar-refractivity contribution in [1.29, 1.82) is 0 Å². The third-order valence-electron chi connectivity index (χ3n) is 4.20. The molecule has 0 radical (unpaired) electrons. The van der Waals surface area contributed by atoms with Crippen molar-refractivity contribution in [2.45, 2.75) is 58.4 Å². The number of nitrogens with two attached hydrogens (primary N) is 1. The summed E-state index contributed by atoms with van der Waals surface area (Å²) in [6.45, 7) is 4.29. The summed E-state index contributed by atoms with van der Waals surface area (Å²) in [5, 5.41) is 0. The van der Waals surface area contributed by atoms with Gasteiger partial charge in [-0.25, -0.2) is 0 Å². The predicted octanol–water partition coefficient (Wildman–Crippen LogP) is 4.51. The van der Waals surface area contributed by atoms with E-state index in [1.807, 2.05) is 0 Å². The summed E-state index contributed by atoms with van der Waals surface area (Å²) >= 11 is 0. The van der Waals surface area contributed by atoms with Crippen molar-refractivity contribution in [3.63, 3.8) is 0 Å². The van der Waals surface area contributed by atoms with Crippen LogP contribution < -0.4 is 10.5 Å². The molecule has 0 spiro atoms. The standard InChI is InChI=1S/C16H22F3NO/c1-15(2)7-5-12(6-8-15)21-13-4-3-11(10-20)14(9-13)16(17,18)19/h3-4,9,12H,5-8,10,20H2,1-2H3. The normalized spacial score (nSPS) is 19.5. The van der Waals surface area contributed by atoms with Crippen molar-refractivity contribution in [3.8, 4) is 5.75 Å². The minimum Gasteiger partial charge on any atom is -0.490 e. The first kappa shape index (κ1) is 16.1. The maximum Gasteiger partial charge on any atom is 0.416 e. The lowest BCUT2D eigenvalue weighted by Gasteiger charge is -2.34. The topological polar surface area (TPSA) is 35.2 Å². The first-order chi connectivity index (χ1) is 9.71. The number of benzene rings is 1. The van der Waals surface area contributed by atoms with Crippen LogP contribution in [-0.4, -0.2) is 6.10 Å². The van der Waals surface area contributed by atoms with Gasteiger partial charge in [-0.2, -0.15) is 13.2 Å². The second-order valence-corrected chi connectivity index (χ2v) is 6.50. The highest BCUT2D eigenvalue weighted by atomic mass is 19.4. The molecule has 1 fully saturated rings. The molecule has 0 bridgehead atoms. The van der Waals surface area contributed by atoms with Crippen LogP contribution in [0.25, 0.3) is 0 Å². The lowest BCUT2D eigenvalue weighted by Crippen LogP contribution is -2.28. The van der Waals surface area contributed by atoms with Gasteiger partial charge in [-0.05, 0) is 48.8 Å². The maximum absolute atomic E-state index is 13.0. The third kappa shape index (κ3) is 4.13. The van der Waals surface area contributed by atoms with Crippen LogP contribution in [0.15, 0.2) is 18.2 Å². The molecular formula is C16H22F3NO. The fourth-order valence-electron chi connectivity index (χ4n) is 2.75. The second-order valence-electron chi connectivity index (χ2n) is 6.50. The average Bonchev–Trinajstić information content (AvgIpc) is 2.40. The Morgan fingerprint density at radius 1 is 1.24 bits per heavy atom. The first-order valence-electron chi connectivity index (χ1n) is 7.28. The van der Waals surface area contributed by atoms with Gasteiger partial charge in [0.05, 0.1) is 11.7 Å². The summed E-state index contributed by atoms with van der Waals surface area (Å²) in [4.78, 5) is 0. The molecule has 1 aliphatic carbocycles. The first-order valence-corrected chi connectivity index (χ1v) is 7.28. The minimum absolute atomic E-state index is 0.00263. The van der Waals surface area contributed by atoms with E-state index in [-0.39, 0.29) is 24.0 Å². The number of hydrogen-bond acceptors (Lipinski definition) is 2. The Labute approximate surface area is 123 Å². The van der Waals surface area contributed by atoms with Crippen LogP contribution in [0.1, 0.15) is 50.7 Å². The van der Waals surface area contributed by atoms with Crippen molar-refractivity contribution in [2.75, 3.05) is 0 Å². The second kappa shape index (κ2) is 5.87. The molecule has 2 N–H and O–H groups in total. The largest absolute Gasteiger partial charge is 0.490 e. The third-order valence-corrected chi connectivity index (χ3v) is 4.20. The van der Waals surface area contributed by atoms with Crippen molar-refractivity contribution in [2.24, 2.45) is 11.1 Å². The summed E-state index contributed by atoms with van der Waals surface area (Å²) < 4.78 is 44.7. The van der Waals surface area contributed by atoms with E-state index in [9.17, 15) is 13.2 Å². The van der Waals surface area contributed by atoms with Crippen molar-refractivity contribution < 1.29 is 17.9 Å². The molecule has 21 heavy (non-hydrogen) atoms. The highest BCUT2D eigenvalue weighted by Gasteiger charge is 2.34. The van der Waals surface area contributed by atoms with Gasteiger partial charge in [-0.1, -0.05) is 19.9 Å². The van der Waals surface area contributed by atoms with Crippen molar-refractivity contribution in [3.05, 3.63) is 29.3 Å². The Bertz CT molecular complexity index is 487. The number of ether oxygens (including phenoxy) is 1. The molecule has 0 aromatic heterocycles. The van der Waals surface area contributed by atoms with Crippen LogP contribution in [0, 0.1) is 5.41 Å². The van der Waals surface area contributed by atoms with E-state index < -0.39 is 11.7 Å². The quantitative estimate of drug-likeness (QED) is 0.891. The maximum atomic E-state index is 13.0. The van der Waals surface area contributed by atoms with E-state index in [1.165, 1.54) is 6.07 Å². The van der Waals surface area contributed by atoms with E-state index in [2.05, 4.69) is 13.8 Å². The summed E-state index contributed by atoms with van der Waals surface area (Å²) in [5.74, 6) is 0.282. The highest BCUT2D eigenvalue weighted by Crippen LogP contribution is 2.38. The molecule has 1 aliphatic rings. The van der Waals surface area contributed by atoms with Gasteiger partial charge >= 0.3 is 6.18 Å². The monoisotopic (exact) mass is 301 g/mol. The van der Waals surface area contributed by atoms with Gasteiger partial charge in [0.2, 0.25) is 0 Å². The molecule has 1 saturated carbocycles. The van der Waals surface area contributed by atoms with Crippen molar-refractivity contribution in [1.82, 2.24) is 0 Å². The van der Waals surface area contributed by atoms with Crippen LogP contribution in [0.5, 0.6) is 5.75 Å². The van der Waals surface area contributed by atoms with Crippen LogP contribution in [0.2, 0.25) is 0 Å². The molecule has 2 nitrogen and oxygen atoms in total. The molecule has 5 heteroatoms. The fraction of sp³-hybridized carbons (Fsp3) is 0.625. The summed E-state index contributed by atoms with van der Waals surface area (Å²) in [5.41, 5.74) is 5.08. The zero-order valence-electron chi connectivity index (χ0n) is 12.5. The number of rotatable bonds is 3.